The van der Waals surface area contributed by atoms with E-state index in [-0.39, 0.29) is 5.69 Å². The molecular formula is C16H10BrF3N2O2. The molecule has 24 heavy (non-hydrogen) atoms. The van der Waals surface area contributed by atoms with Crippen LogP contribution in [0, 0.1) is 0 Å². The molecule has 1 amide bonds. The Labute approximate surface area is 143 Å². The van der Waals surface area contributed by atoms with Crippen LogP contribution in [0.15, 0.2) is 51.4 Å². The quantitative estimate of drug-likeness (QED) is 0.623. The van der Waals surface area contributed by atoms with E-state index in [1.165, 1.54) is 18.2 Å². The molecule has 0 saturated heterocycles. The largest absolute Gasteiger partial charge is 0.471 e. The number of rotatable bonds is 2. The Morgan fingerprint density at radius 2 is 1.83 bits per heavy atom. The molecule has 0 fully saturated rings. The number of nitrogens with zero attached hydrogens (tertiary/aromatic N) is 2. The highest BCUT2D eigenvalue weighted by Crippen LogP contribution is 2.29. The van der Waals surface area contributed by atoms with Gasteiger partial charge < -0.3 is 9.32 Å². The number of anilines is 1. The molecule has 2 aromatic carbocycles. The Hall–Kier alpha value is -2.35. The summed E-state index contributed by atoms with van der Waals surface area (Å²) in [5.41, 5.74) is 1.60. The summed E-state index contributed by atoms with van der Waals surface area (Å²) in [6.07, 6.45) is -4.93. The molecule has 0 aliphatic carbocycles. The third kappa shape index (κ3) is 3.14. The van der Waals surface area contributed by atoms with E-state index in [1.54, 1.807) is 12.1 Å². The topological polar surface area (TPSA) is 46.3 Å². The van der Waals surface area contributed by atoms with Crippen molar-refractivity contribution in [1.82, 2.24) is 4.98 Å². The number of fused-ring (bicyclic) bond motifs is 1. The maximum atomic E-state index is 12.5. The number of alkyl halides is 3. The smallest absolute Gasteiger partial charge is 0.436 e. The van der Waals surface area contributed by atoms with Gasteiger partial charge in [-0.1, -0.05) is 15.9 Å². The van der Waals surface area contributed by atoms with Gasteiger partial charge in [0.15, 0.2) is 5.58 Å². The lowest BCUT2D eigenvalue weighted by Crippen LogP contribution is -2.38. The van der Waals surface area contributed by atoms with Crippen LogP contribution in [0.1, 0.15) is 0 Å². The predicted octanol–water partition coefficient (Wildman–Crippen LogP) is 4.78. The molecule has 0 N–H and O–H groups in total. The molecule has 0 atom stereocenters. The van der Waals surface area contributed by atoms with Crippen LogP contribution in [0.2, 0.25) is 0 Å². The van der Waals surface area contributed by atoms with E-state index < -0.39 is 12.1 Å². The summed E-state index contributed by atoms with van der Waals surface area (Å²) in [6, 6.07) is 11.5. The number of oxazole rings is 1. The van der Waals surface area contributed by atoms with Crippen molar-refractivity contribution in [2.24, 2.45) is 0 Å². The minimum Gasteiger partial charge on any atom is -0.436 e. The first kappa shape index (κ1) is 16.5. The van der Waals surface area contributed by atoms with E-state index in [2.05, 4.69) is 20.9 Å². The summed E-state index contributed by atoms with van der Waals surface area (Å²) in [5.74, 6) is -1.60. The maximum absolute atomic E-state index is 12.5. The molecule has 8 heteroatoms. The lowest BCUT2D eigenvalue weighted by atomic mass is 10.2. The van der Waals surface area contributed by atoms with Crippen LogP contribution in [0.25, 0.3) is 22.6 Å². The second-order valence-corrected chi connectivity index (χ2v) is 5.96. The van der Waals surface area contributed by atoms with Crippen LogP contribution < -0.4 is 4.90 Å². The zero-order chi connectivity index (χ0) is 17.5. The molecule has 124 valence electrons. The highest BCUT2D eigenvalue weighted by Gasteiger charge is 2.41. The fourth-order valence-corrected chi connectivity index (χ4v) is 2.41. The molecule has 3 aromatic rings. The van der Waals surface area contributed by atoms with Crippen molar-refractivity contribution in [3.63, 3.8) is 0 Å². The number of hydrogen-bond acceptors (Lipinski definition) is 3. The van der Waals surface area contributed by atoms with Crippen molar-refractivity contribution in [2.45, 2.75) is 6.18 Å². The predicted molar refractivity (Wildman–Crippen MR) is 86.6 cm³/mol. The van der Waals surface area contributed by atoms with Crippen molar-refractivity contribution >= 4 is 38.6 Å². The summed E-state index contributed by atoms with van der Waals surface area (Å²) < 4.78 is 44.1. The molecule has 0 saturated carbocycles. The molecule has 0 unspecified atom stereocenters. The van der Waals surface area contributed by atoms with Gasteiger partial charge in [0.2, 0.25) is 5.89 Å². The third-order valence-corrected chi connectivity index (χ3v) is 3.93. The molecule has 0 aliphatic rings. The molecular weight excluding hydrogens is 389 g/mol. The number of amides is 1. The number of carbonyl (C=O) groups excluding carboxylic acids is 1. The Bertz CT molecular complexity index is 904. The minimum absolute atomic E-state index is 0.0838. The van der Waals surface area contributed by atoms with Crippen molar-refractivity contribution in [3.05, 3.63) is 46.9 Å². The van der Waals surface area contributed by atoms with Gasteiger partial charge in [-0.25, -0.2) is 4.98 Å². The van der Waals surface area contributed by atoms with Crippen LogP contribution in [0.5, 0.6) is 0 Å². The highest BCUT2D eigenvalue weighted by atomic mass is 79.9. The van der Waals surface area contributed by atoms with Crippen molar-refractivity contribution in [1.29, 1.82) is 0 Å². The molecule has 0 spiro atoms. The first-order valence-corrected chi connectivity index (χ1v) is 7.56. The summed E-state index contributed by atoms with van der Waals surface area (Å²) in [4.78, 5) is 16.1. The van der Waals surface area contributed by atoms with E-state index in [0.717, 1.165) is 17.1 Å². The summed E-state index contributed by atoms with van der Waals surface area (Å²) >= 11 is 3.33. The normalized spacial score (nSPS) is 11.7. The third-order valence-electron chi connectivity index (χ3n) is 3.40. The number of carbonyl (C=O) groups is 1. The molecule has 1 heterocycles. The van der Waals surface area contributed by atoms with Crippen LogP contribution in [-0.4, -0.2) is 24.1 Å². The monoisotopic (exact) mass is 398 g/mol. The van der Waals surface area contributed by atoms with Gasteiger partial charge in [-0.15, -0.1) is 0 Å². The zero-order valence-corrected chi connectivity index (χ0v) is 13.9. The summed E-state index contributed by atoms with van der Waals surface area (Å²) in [6.45, 7) is 0. The van der Waals surface area contributed by atoms with E-state index in [0.29, 0.717) is 21.9 Å². The number of aromatic nitrogens is 1. The van der Waals surface area contributed by atoms with Crippen LogP contribution in [0.3, 0.4) is 0 Å². The van der Waals surface area contributed by atoms with Crippen molar-refractivity contribution in [3.8, 4) is 11.5 Å². The Morgan fingerprint density at radius 1 is 1.17 bits per heavy atom. The van der Waals surface area contributed by atoms with Gasteiger partial charge in [0.1, 0.15) is 5.52 Å². The van der Waals surface area contributed by atoms with E-state index in [4.69, 9.17) is 4.42 Å². The molecule has 3 rings (SSSR count). The van der Waals surface area contributed by atoms with Gasteiger partial charge in [-0.05, 0) is 42.5 Å². The van der Waals surface area contributed by atoms with Crippen molar-refractivity contribution in [2.75, 3.05) is 11.9 Å². The lowest BCUT2D eigenvalue weighted by Gasteiger charge is -2.18. The van der Waals surface area contributed by atoms with Crippen molar-refractivity contribution < 1.29 is 22.4 Å². The Kier molecular flexibility index (Phi) is 4.08. The Morgan fingerprint density at radius 3 is 2.46 bits per heavy atom. The molecule has 0 aliphatic heterocycles. The first-order chi connectivity index (χ1) is 11.3. The average Bonchev–Trinajstić information content (AvgIpc) is 2.96. The second kappa shape index (κ2) is 5.94. The lowest BCUT2D eigenvalue weighted by molar-refractivity contribution is -0.170. The van der Waals surface area contributed by atoms with Gasteiger partial charge in [0, 0.05) is 22.8 Å². The van der Waals surface area contributed by atoms with E-state index >= 15 is 0 Å². The van der Waals surface area contributed by atoms with E-state index in [9.17, 15) is 18.0 Å². The second-order valence-electron chi connectivity index (χ2n) is 5.04. The van der Waals surface area contributed by atoms with Gasteiger partial charge in [0.25, 0.3) is 0 Å². The van der Waals surface area contributed by atoms with Gasteiger partial charge in [-0.3, -0.25) is 4.79 Å². The van der Waals surface area contributed by atoms with Gasteiger partial charge >= 0.3 is 12.1 Å². The Balaban J connectivity index is 1.97. The van der Waals surface area contributed by atoms with E-state index in [1.807, 2.05) is 12.1 Å². The molecule has 0 radical (unpaired) electrons. The van der Waals surface area contributed by atoms with Gasteiger partial charge in [0.05, 0.1) is 0 Å². The first-order valence-electron chi connectivity index (χ1n) is 6.77. The number of benzene rings is 2. The average molecular weight is 399 g/mol. The zero-order valence-electron chi connectivity index (χ0n) is 12.3. The SMILES string of the molecule is CN(C(=O)C(F)(F)F)c1ccc2oc(-c3ccc(Br)cc3)nc2c1. The molecule has 1 aromatic heterocycles. The fraction of sp³-hybridized carbons (Fsp3) is 0.125. The van der Waals surface area contributed by atoms with Gasteiger partial charge in [-0.2, -0.15) is 13.2 Å². The summed E-state index contributed by atoms with van der Waals surface area (Å²) in [5, 5.41) is 0. The van der Waals surface area contributed by atoms with Crippen LogP contribution in [0.4, 0.5) is 18.9 Å². The number of hydrogen-bond donors (Lipinski definition) is 0. The molecule has 0 bridgehead atoms. The molecule has 4 nitrogen and oxygen atoms in total. The maximum Gasteiger partial charge on any atom is 0.471 e. The summed E-state index contributed by atoms with van der Waals surface area (Å²) in [7, 11) is 1.06. The highest BCUT2D eigenvalue weighted by molar-refractivity contribution is 9.10. The number of halogens is 4. The van der Waals surface area contributed by atoms with Crippen LogP contribution >= 0.6 is 15.9 Å². The van der Waals surface area contributed by atoms with Crippen LogP contribution in [-0.2, 0) is 4.79 Å². The minimum atomic E-state index is -4.93. The fourth-order valence-electron chi connectivity index (χ4n) is 2.15. The standard InChI is InChI=1S/C16H10BrF3N2O2/c1-22(15(23)16(18,19)20)11-6-7-13-12(8-11)21-14(24-13)9-2-4-10(17)5-3-9/h2-8H,1H3.